The molecule has 11 nitrogen and oxygen atoms in total. The van der Waals surface area contributed by atoms with Crippen LogP contribution < -0.4 is 14.2 Å². The summed E-state index contributed by atoms with van der Waals surface area (Å²) in [6, 6.07) is 9.47. The van der Waals surface area contributed by atoms with Crippen molar-refractivity contribution in [2.24, 2.45) is 0 Å². The Morgan fingerprint density at radius 2 is 1.84 bits per heavy atom. The van der Waals surface area contributed by atoms with Gasteiger partial charge in [-0.2, -0.15) is 0 Å². The van der Waals surface area contributed by atoms with Gasteiger partial charge in [0.25, 0.3) is 0 Å². The van der Waals surface area contributed by atoms with Crippen molar-refractivity contribution in [2.75, 3.05) is 18.9 Å². The first-order valence-corrected chi connectivity index (χ1v) is 13.2. The van der Waals surface area contributed by atoms with E-state index in [9.17, 15) is 17.9 Å². The van der Waals surface area contributed by atoms with Crippen molar-refractivity contribution in [2.45, 2.75) is 25.2 Å². The van der Waals surface area contributed by atoms with Gasteiger partial charge in [0, 0.05) is 10.7 Å². The predicted molar refractivity (Wildman–Crippen MR) is 136 cm³/mol. The van der Waals surface area contributed by atoms with Crippen LogP contribution in [0.1, 0.15) is 24.5 Å². The topological polar surface area (TPSA) is 142 Å². The molecule has 0 spiro atoms. The van der Waals surface area contributed by atoms with E-state index >= 15 is 0 Å². The normalized spacial score (nSPS) is 13.3. The minimum absolute atomic E-state index is 0.155. The number of anilines is 1. The molecule has 0 amide bonds. The third-order valence-corrected chi connectivity index (χ3v) is 7.67. The number of pyridine rings is 1. The van der Waals surface area contributed by atoms with E-state index < -0.39 is 32.9 Å². The molecule has 0 fully saturated rings. The lowest BCUT2D eigenvalue weighted by Gasteiger charge is -2.21. The number of benzene rings is 1. The van der Waals surface area contributed by atoms with Gasteiger partial charge in [-0.05, 0) is 60.1 Å². The van der Waals surface area contributed by atoms with Crippen LogP contribution in [0.5, 0.6) is 11.5 Å². The van der Waals surface area contributed by atoms with Gasteiger partial charge in [0.1, 0.15) is 45.8 Å². The zero-order valence-electron chi connectivity index (χ0n) is 20.1. The van der Waals surface area contributed by atoms with E-state index in [1.54, 1.807) is 37.3 Å². The molecule has 37 heavy (non-hydrogen) atoms. The fourth-order valence-corrected chi connectivity index (χ4v) is 4.93. The number of halogens is 2. The second-order valence-corrected chi connectivity index (χ2v) is 10.9. The highest BCUT2D eigenvalue weighted by atomic mass is 79.9. The molecule has 14 heteroatoms. The maximum atomic E-state index is 14.4. The molecule has 2 atom stereocenters. The van der Waals surface area contributed by atoms with Gasteiger partial charge in [0.2, 0.25) is 21.8 Å². The first kappa shape index (κ1) is 26.6. The van der Waals surface area contributed by atoms with Gasteiger partial charge in [-0.3, -0.25) is 14.3 Å². The Balaban J connectivity index is 1.82. The fraction of sp³-hybridized carbons (Fsp3) is 0.261. The van der Waals surface area contributed by atoms with Crippen molar-refractivity contribution in [3.8, 4) is 28.8 Å². The molecule has 0 saturated heterocycles. The molecular weight excluding hydrogens is 573 g/mol. The van der Waals surface area contributed by atoms with Crippen LogP contribution in [-0.4, -0.2) is 52.7 Å². The van der Waals surface area contributed by atoms with Crippen LogP contribution in [0.4, 0.5) is 10.3 Å². The lowest BCUT2D eigenvalue weighted by Crippen LogP contribution is -2.32. The third-order valence-electron chi connectivity index (χ3n) is 5.53. The van der Waals surface area contributed by atoms with E-state index in [4.69, 9.17) is 13.9 Å². The molecule has 0 saturated carbocycles. The highest BCUT2D eigenvalue weighted by molar-refractivity contribution is 9.10. The third kappa shape index (κ3) is 5.17. The molecule has 0 aliphatic carbocycles. The van der Waals surface area contributed by atoms with Crippen molar-refractivity contribution in [3.05, 3.63) is 64.3 Å². The number of para-hydroxylation sites is 1. The largest absolute Gasteiger partial charge is 0.494 e. The first-order valence-electron chi connectivity index (χ1n) is 10.8. The number of methoxy groups -OCH3 is 2. The van der Waals surface area contributed by atoms with E-state index in [-0.39, 0.29) is 11.8 Å². The van der Waals surface area contributed by atoms with Gasteiger partial charge in [-0.1, -0.05) is 6.07 Å². The quantitative estimate of drug-likeness (QED) is 0.293. The predicted octanol–water partition coefficient (Wildman–Crippen LogP) is 4.01. The lowest BCUT2D eigenvalue weighted by atomic mass is 10.2. The van der Waals surface area contributed by atoms with Gasteiger partial charge in [0.15, 0.2) is 5.76 Å². The first-order chi connectivity index (χ1) is 17.6. The van der Waals surface area contributed by atoms with Gasteiger partial charge >= 0.3 is 0 Å². The van der Waals surface area contributed by atoms with E-state index in [2.05, 4.69) is 35.8 Å². The second kappa shape index (κ2) is 10.5. The standard InChI is InChI=1S/C23H23BrFN5O6S/c1-12-8-9-18(36-12)22-27-28-23(30(22)20-16(34-3)6-5-7-17(20)35-4)29-37(32,33)13(2)21(31)19-15(25)10-14(24)11-26-19/h5-11,13,21,31H,1-4H3,(H,28,29)/t13-,21+/m1/s1. The molecule has 0 radical (unpaired) electrons. The Hall–Kier alpha value is -3.49. The number of nitrogens with one attached hydrogen (secondary N) is 1. The van der Waals surface area contributed by atoms with Crippen LogP contribution in [0.3, 0.4) is 0 Å². The molecule has 4 rings (SSSR count). The Morgan fingerprint density at radius 1 is 1.16 bits per heavy atom. The SMILES string of the molecule is COc1cccc(OC)c1-n1c(NS(=O)(=O)[C@H](C)[C@H](O)c2ncc(Br)cc2F)nnc1-c1ccc(C)o1. The average Bonchev–Trinajstić information content (AvgIpc) is 3.47. The van der Waals surface area contributed by atoms with Crippen molar-refractivity contribution < 1.29 is 31.8 Å². The molecule has 0 unspecified atom stereocenters. The highest BCUT2D eigenvalue weighted by Gasteiger charge is 2.34. The monoisotopic (exact) mass is 595 g/mol. The van der Waals surface area contributed by atoms with Gasteiger partial charge in [0.05, 0.1) is 14.2 Å². The summed E-state index contributed by atoms with van der Waals surface area (Å²) in [6.07, 6.45) is -0.522. The molecule has 196 valence electrons. The zero-order valence-corrected chi connectivity index (χ0v) is 22.5. The molecule has 4 aromatic rings. The molecule has 2 N–H and O–H groups in total. The van der Waals surface area contributed by atoms with Crippen LogP contribution in [-0.2, 0) is 10.0 Å². The smallest absolute Gasteiger partial charge is 0.243 e. The minimum atomic E-state index is -4.37. The van der Waals surface area contributed by atoms with Crippen LogP contribution in [0.25, 0.3) is 17.3 Å². The summed E-state index contributed by atoms with van der Waals surface area (Å²) in [6.45, 7) is 2.97. The van der Waals surface area contributed by atoms with Crippen LogP contribution in [0.15, 0.2) is 51.5 Å². The van der Waals surface area contributed by atoms with E-state index in [1.165, 1.54) is 31.9 Å². The number of aryl methyl sites for hydroxylation is 1. The highest BCUT2D eigenvalue weighted by Crippen LogP contribution is 2.38. The molecule has 0 aliphatic rings. The Bertz CT molecular complexity index is 1520. The number of sulfonamides is 1. The van der Waals surface area contributed by atoms with E-state index in [1.807, 2.05) is 0 Å². The molecule has 1 aromatic carbocycles. The number of ether oxygens (including phenoxy) is 2. The molecule has 3 heterocycles. The summed E-state index contributed by atoms with van der Waals surface area (Å²) in [5.41, 5.74) is -0.117. The summed E-state index contributed by atoms with van der Waals surface area (Å²) >= 11 is 3.08. The van der Waals surface area contributed by atoms with Crippen LogP contribution in [0.2, 0.25) is 0 Å². The Morgan fingerprint density at radius 3 is 2.41 bits per heavy atom. The number of hydrogen-bond donors (Lipinski definition) is 2. The number of furan rings is 1. The maximum absolute atomic E-state index is 14.4. The fourth-order valence-electron chi connectivity index (χ4n) is 3.58. The molecule has 3 aromatic heterocycles. The second-order valence-electron chi connectivity index (χ2n) is 7.92. The molecular formula is C23H23BrFN5O6S. The number of nitrogens with zero attached hydrogens (tertiary/aromatic N) is 4. The number of aliphatic hydroxyl groups is 1. The summed E-state index contributed by atoms with van der Waals surface area (Å²) in [5.74, 6) is 0.618. The molecule has 0 bridgehead atoms. The zero-order chi connectivity index (χ0) is 26.9. The Kier molecular flexibility index (Phi) is 7.52. The number of hydrogen-bond acceptors (Lipinski definition) is 9. The van der Waals surface area contributed by atoms with Gasteiger partial charge in [-0.15, -0.1) is 10.2 Å². The summed E-state index contributed by atoms with van der Waals surface area (Å²) in [5, 5.41) is 17.3. The summed E-state index contributed by atoms with van der Waals surface area (Å²) < 4.78 is 61.8. The van der Waals surface area contributed by atoms with E-state index in [0.29, 0.717) is 33.2 Å². The van der Waals surface area contributed by atoms with Gasteiger partial charge in [-0.25, -0.2) is 12.8 Å². The van der Waals surface area contributed by atoms with Crippen molar-refractivity contribution in [1.82, 2.24) is 19.7 Å². The Labute approximate surface area is 220 Å². The van der Waals surface area contributed by atoms with E-state index in [0.717, 1.165) is 6.07 Å². The lowest BCUT2D eigenvalue weighted by molar-refractivity contribution is 0.166. The van der Waals surface area contributed by atoms with Crippen LogP contribution >= 0.6 is 15.9 Å². The number of aromatic nitrogens is 4. The maximum Gasteiger partial charge on any atom is 0.243 e. The van der Waals surface area contributed by atoms with Gasteiger partial charge < -0.3 is 19.0 Å². The van der Waals surface area contributed by atoms with Crippen molar-refractivity contribution in [3.63, 3.8) is 0 Å². The van der Waals surface area contributed by atoms with Crippen molar-refractivity contribution in [1.29, 1.82) is 0 Å². The van der Waals surface area contributed by atoms with Crippen LogP contribution in [0, 0.1) is 12.7 Å². The number of aliphatic hydroxyl groups excluding tert-OH is 1. The van der Waals surface area contributed by atoms with Crippen molar-refractivity contribution >= 4 is 31.9 Å². The summed E-state index contributed by atoms with van der Waals surface area (Å²) in [7, 11) is -1.48. The minimum Gasteiger partial charge on any atom is -0.494 e. The summed E-state index contributed by atoms with van der Waals surface area (Å²) in [4.78, 5) is 3.83. The molecule has 0 aliphatic heterocycles. The average molecular weight is 596 g/mol. The number of rotatable bonds is 9.